The first kappa shape index (κ1) is 16.7. The molecule has 7 nitrogen and oxygen atoms in total. The Bertz CT molecular complexity index is 709. The van der Waals surface area contributed by atoms with Crippen molar-refractivity contribution in [2.24, 2.45) is 0 Å². The van der Waals surface area contributed by atoms with E-state index in [1.807, 2.05) is 38.1 Å². The molecule has 122 valence electrons. The lowest BCUT2D eigenvalue weighted by Crippen LogP contribution is -2.21. The van der Waals surface area contributed by atoms with Gasteiger partial charge < -0.3 is 10.4 Å². The Labute approximate surface area is 134 Å². The molecule has 1 heterocycles. The highest BCUT2D eigenvalue weighted by Crippen LogP contribution is 2.14. The van der Waals surface area contributed by atoms with Crippen LogP contribution in [0.3, 0.4) is 0 Å². The number of unbranched alkanes of at least 4 members (excludes halogenated alkanes) is 1. The molecule has 0 saturated heterocycles. The number of amides is 1. The number of carbonyl (C=O) groups is 2. The zero-order valence-electron chi connectivity index (χ0n) is 13.2. The smallest absolute Gasteiger partial charge is 0.358 e. The van der Waals surface area contributed by atoms with Gasteiger partial charge in [0.2, 0.25) is 5.91 Å². The summed E-state index contributed by atoms with van der Waals surface area (Å²) in [6.45, 7) is 3.85. The molecule has 1 aromatic carbocycles. The van der Waals surface area contributed by atoms with Gasteiger partial charge in [-0.15, -0.1) is 5.10 Å². The van der Waals surface area contributed by atoms with Crippen LogP contribution >= 0.6 is 0 Å². The fraction of sp³-hybridized carbons (Fsp3) is 0.375. The number of anilines is 1. The van der Waals surface area contributed by atoms with E-state index in [-0.39, 0.29) is 18.1 Å². The topological polar surface area (TPSA) is 97.1 Å². The predicted octanol–water partition coefficient (Wildman–Crippen LogP) is 2.27. The van der Waals surface area contributed by atoms with Gasteiger partial charge >= 0.3 is 5.97 Å². The van der Waals surface area contributed by atoms with Crippen molar-refractivity contribution in [1.82, 2.24) is 15.0 Å². The number of nitrogens with zero attached hydrogens (tertiary/aromatic N) is 3. The molecule has 2 N–H and O–H groups in total. The van der Waals surface area contributed by atoms with Crippen molar-refractivity contribution < 1.29 is 14.7 Å². The molecule has 0 atom stereocenters. The lowest BCUT2D eigenvalue weighted by atomic mass is 10.1. The number of carboxylic acids is 1. The second kappa shape index (κ2) is 7.53. The number of aryl methyl sites for hydroxylation is 1. The van der Waals surface area contributed by atoms with Crippen LogP contribution in [-0.2, 0) is 17.8 Å². The fourth-order valence-electron chi connectivity index (χ4n) is 2.26. The highest BCUT2D eigenvalue weighted by Gasteiger charge is 2.20. The maximum atomic E-state index is 12.2. The second-order valence-corrected chi connectivity index (χ2v) is 5.31. The molecule has 0 spiro atoms. The molecule has 23 heavy (non-hydrogen) atoms. The van der Waals surface area contributed by atoms with Gasteiger partial charge in [-0.05, 0) is 31.4 Å². The van der Waals surface area contributed by atoms with Gasteiger partial charge in [0.15, 0.2) is 5.69 Å². The van der Waals surface area contributed by atoms with Gasteiger partial charge in [-0.2, -0.15) is 0 Å². The molecule has 0 saturated carbocycles. The number of hydrogen-bond donors (Lipinski definition) is 2. The van der Waals surface area contributed by atoms with Gasteiger partial charge in [0.1, 0.15) is 6.54 Å². The van der Waals surface area contributed by atoms with Crippen molar-refractivity contribution in [3.05, 3.63) is 41.2 Å². The van der Waals surface area contributed by atoms with Crippen molar-refractivity contribution in [2.45, 2.75) is 39.7 Å². The average Bonchev–Trinajstić information content (AvgIpc) is 2.90. The summed E-state index contributed by atoms with van der Waals surface area (Å²) in [5.41, 5.74) is 2.09. The molecule has 2 rings (SSSR count). The van der Waals surface area contributed by atoms with Gasteiger partial charge in [0.25, 0.3) is 0 Å². The Balaban J connectivity index is 2.14. The largest absolute Gasteiger partial charge is 0.476 e. The number of aromatic nitrogens is 3. The normalized spacial score (nSPS) is 10.5. The fourth-order valence-corrected chi connectivity index (χ4v) is 2.26. The number of para-hydroxylation sites is 1. The molecule has 2 aromatic rings. The average molecular weight is 316 g/mol. The van der Waals surface area contributed by atoms with Crippen LogP contribution in [0.5, 0.6) is 0 Å². The molecule has 0 radical (unpaired) electrons. The lowest BCUT2D eigenvalue weighted by molar-refractivity contribution is -0.117. The van der Waals surface area contributed by atoms with E-state index in [0.29, 0.717) is 12.1 Å². The lowest BCUT2D eigenvalue weighted by Gasteiger charge is -2.09. The minimum absolute atomic E-state index is 0.0618. The quantitative estimate of drug-likeness (QED) is 0.816. The molecular weight excluding hydrogens is 296 g/mol. The summed E-state index contributed by atoms with van der Waals surface area (Å²) in [6, 6.07) is 7.45. The maximum Gasteiger partial charge on any atom is 0.358 e. The van der Waals surface area contributed by atoms with E-state index in [2.05, 4.69) is 15.6 Å². The molecule has 0 unspecified atom stereocenters. The zero-order valence-corrected chi connectivity index (χ0v) is 13.2. The first-order chi connectivity index (χ1) is 11.0. The molecule has 0 aliphatic heterocycles. The van der Waals surface area contributed by atoms with Gasteiger partial charge in [0, 0.05) is 5.69 Å². The molecule has 0 fully saturated rings. The number of benzene rings is 1. The number of carboxylic acid groups (broad SMARTS) is 1. The van der Waals surface area contributed by atoms with Crippen LogP contribution < -0.4 is 5.32 Å². The Kier molecular flexibility index (Phi) is 5.46. The number of rotatable bonds is 7. The second-order valence-electron chi connectivity index (χ2n) is 5.31. The van der Waals surface area contributed by atoms with Crippen LogP contribution in [0.4, 0.5) is 5.69 Å². The summed E-state index contributed by atoms with van der Waals surface area (Å²) in [5.74, 6) is -1.39. The van der Waals surface area contributed by atoms with Crippen LogP contribution in [0.15, 0.2) is 24.3 Å². The highest BCUT2D eigenvalue weighted by atomic mass is 16.4. The van der Waals surface area contributed by atoms with Crippen LogP contribution in [0.2, 0.25) is 0 Å². The van der Waals surface area contributed by atoms with E-state index in [9.17, 15) is 9.59 Å². The molecule has 0 bridgehead atoms. The summed E-state index contributed by atoms with van der Waals surface area (Å²) < 4.78 is 1.37. The van der Waals surface area contributed by atoms with Crippen molar-refractivity contribution in [2.75, 3.05) is 5.32 Å². The summed E-state index contributed by atoms with van der Waals surface area (Å²) in [7, 11) is 0. The van der Waals surface area contributed by atoms with E-state index < -0.39 is 5.97 Å². The van der Waals surface area contributed by atoms with Gasteiger partial charge in [-0.25, -0.2) is 9.48 Å². The summed E-state index contributed by atoms with van der Waals surface area (Å²) in [5, 5.41) is 19.5. The number of nitrogens with one attached hydrogen (secondary N) is 1. The molecule has 0 aliphatic carbocycles. The van der Waals surface area contributed by atoms with Gasteiger partial charge in [0.05, 0.1) is 5.69 Å². The summed E-state index contributed by atoms with van der Waals surface area (Å²) in [6.07, 6.45) is 2.26. The van der Waals surface area contributed by atoms with E-state index in [1.54, 1.807) is 0 Å². The Morgan fingerprint density at radius 1 is 1.30 bits per heavy atom. The van der Waals surface area contributed by atoms with Crippen molar-refractivity contribution in [1.29, 1.82) is 0 Å². The highest BCUT2D eigenvalue weighted by molar-refractivity contribution is 5.91. The first-order valence-corrected chi connectivity index (χ1v) is 7.54. The molecule has 0 aliphatic rings. The Morgan fingerprint density at radius 2 is 2.04 bits per heavy atom. The van der Waals surface area contributed by atoms with Gasteiger partial charge in [-0.1, -0.05) is 36.8 Å². The van der Waals surface area contributed by atoms with Crippen molar-refractivity contribution in [3.8, 4) is 0 Å². The first-order valence-electron chi connectivity index (χ1n) is 7.54. The molecule has 7 heteroatoms. The SMILES string of the molecule is CCCCc1c(C(=O)O)nnn1CC(=O)Nc1ccccc1C. The predicted molar refractivity (Wildman–Crippen MR) is 85.4 cm³/mol. The minimum atomic E-state index is -1.12. The Morgan fingerprint density at radius 3 is 2.70 bits per heavy atom. The standard InChI is InChI=1S/C16H20N4O3/c1-3-4-9-13-15(16(22)23)18-19-20(13)10-14(21)17-12-8-6-5-7-11(12)2/h5-8H,3-4,9-10H2,1-2H3,(H,17,21)(H,22,23). The van der Waals surface area contributed by atoms with Crippen LogP contribution in [0, 0.1) is 6.92 Å². The third-order valence-electron chi connectivity index (χ3n) is 3.52. The summed E-state index contributed by atoms with van der Waals surface area (Å²) in [4.78, 5) is 23.4. The minimum Gasteiger partial charge on any atom is -0.476 e. The molecule has 1 aromatic heterocycles. The van der Waals surface area contributed by atoms with E-state index in [0.717, 1.165) is 24.1 Å². The van der Waals surface area contributed by atoms with E-state index in [1.165, 1.54) is 4.68 Å². The Hall–Kier alpha value is -2.70. The number of hydrogen-bond acceptors (Lipinski definition) is 4. The van der Waals surface area contributed by atoms with Gasteiger partial charge in [-0.3, -0.25) is 4.79 Å². The van der Waals surface area contributed by atoms with Crippen LogP contribution in [0.25, 0.3) is 0 Å². The third kappa shape index (κ3) is 4.15. The van der Waals surface area contributed by atoms with Crippen LogP contribution in [0.1, 0.15) is 41.5 Å². The molecular formula is C16H20N4O3. The number of aromatic carboxylic acids is 1. The van der Waals surface area contributed by atoms with Crippen molar-refractivity contribution >= 4 is 17.6 Å². The maximum absolute atomic E-state index is 12.2. The monoisotopic (exact) mass is 316 g/mol. The van der Waals surface area contributed by atoms with Crippen molar-refractivity contribution in [3.63, 3.8) is 0 Å². The summed E-state index contributed by atoms with van der Waals surface area (Å²) >= 11 is 0. The van der Waals surface area contributed by atoms with Crippen LogP contribution in [-0.4, -0.2) is 32.0 Å². The number of carbonyl (C=O) groups excluding carboxylic acids is 1. The van der Waals surface area contributed by atoms with E-state index >= 15 is 0 Å². The molecule has 1 amide bonds. The zero-order chi connectivity index (χ0) is 16.8. The van der Waals surface area contributed by atoms with E-state index in [4.69, 9.17) is 5.11 Å². The third-order valence-corrected chi connectivity index (χ3v) is 3.52.